The van der Waals surface area contributed by atoms with E-state index < -0.39 is 0 Å². The Balaban J connectivity index is 1.61. The van der Waals surface area contributed by atoms with Crippen LogP contribution >= 0.6 is 0 Å². The van der Waals surface area contributed by atoms with Crippen LogP contribution in [0.2, 0.25) is 0 Å². The van der Waals surface area contributed by atoms with Crippen LogP contribution in [0.5, 0.6) is 0 Å². The van der Waals surface area contributed by atoms with Gasteiger partial charge < -0.3 is 16.4 Å². The van der Waals surface area contributed by atoms with Crippen molar-refractivity contribution >= 4 is 34.1 Å². The van der Waals surface area contributed by atoms with Crippen LogP contribution in [-0.4, -0.2) is 42.8 Å². The molecule has 0 unspecified atom stereocenters. The van der Waals surface area contributed by atoms with Gasteiger partial charge in [-0.3, -0.25) is 14.7 Å². The number of nitrogens with two attached hydrogens (primary N) is 1. The smallest absolute Gasteiger partial charge is 0.154 e. The number of hydrogen-bond donors (Lipinski definition) is 3. The molecule has 0 saturated carbocycles. The lowest BCUT2D eigenvalue weighted by molar-refractivity contribution is 0.767. The van der Waals surface area contributed by atoms with Gasteiger partial charge in [0.2, 0.25) is 0 Å². The third-order valence-electron chi connectivity index (χ3n) is 5.20. The average molecular weight is 457 g/mol. The highest BCUT2D eigenvalue weighted by Crippen LogP contribution is 2.22. The average Bonchev–Trinajstić information content (AvgIpc) is 3.25. The Kier molecular flexibility index (Phi) is 6.77. The Morgan fingerprint density at radius 3 is 2.74 bits per heavy atom. The molecule has 0 aliphatic carbocycles. The minimum atomic E-state index is 0.357. The lowest BCUT2D eigenvalue weighted by atomic mass is 10.1. The molecular weight excluding hydrogens is 428 g/mol. The monoisotopic (exact) mass is 456 g/mol. The van der Waals surface area contributed by atoms with Crippen LogP contribution in [0.25, 0.3) is 16.6 Å². The van der Waals surface area contributed by atoms with E-state index in [1.807, 2.05) is 44.6 Å². The molecule has 34 heavy (non-hydrogen) atoms. The van der Waals surface area contributed by atoms with Gasteiger partial charge >= 0.3 is 0 Å². The van der Waals surface area contributed by atoms with E-state index in [0.717, 1.165) is 33.3 Å². The molecular formula is C24H28N10. The van der Waals surface area contributed by atoms with Crippen LogP contribution in [0, 0.1) is 0 Å². The molecule has 4 heterocycles. The number of aliphatic imine (C=N–C) groups is 1. The Hall–Kier alpha value is -4.34. The molecule has 174 valence electrons. The van der Waals surface area contributed by atoms with Crippen LogP contribution in [-0.2, 0) is 13.6 Å². The molecule has 0 spiro atoms. The molecule has 0 aliphatic rings. The zero-order valence-corrected chi connectivity index (χ0v) is 19.7. The number of aryl methyl sites for hydroxylation is 1. The second-order valence-corrected chi connectivity index (χ2v) is 8.18. The molecule has 4 rings (SSSR count). The van der Waals surface area contributed by atoms with Gasteiger partial charge in [-0.05, 0) is 35.7 Å². The van der Waals surface area contributed by atoms with Crippen LogP contribution in [0.3, 0.4) is 0 Å². The number of hydrogen-bond acceptors (Lipinski definition) is 8. The van der Waals surface area contributed by atoms with Crippen LogP contribution in [0.4, 0.5) is 11.6 Å². The fraction of sp³-hybridized carbons (Fsp3) is 0.250. The zero-order valence-electron chi connectivity index (χ0n) is 19.7. The molecule has 0 aromatic carbocycles. The Morgan fingerprint density at radius 1 is 1.15 bits per heavy atom. The topological polar surface area (TPSA) is 132 Å². The molecule has 0 saturated heterocycles. The number of amidine groups is 1. The molecule has 0 bridgehead atoms. The highest BCUT2D eigenvalue weighted by Gasteiger charge is 2.11. The molecule has 10 nitrogen and oxygen atoms in total. The Labute approximate surface area is 198 Å². The maximum absolute atomic E-state index is 6.34. The van der Waals surface area contributed by atoms with E-state index in [2.05, 4.69) is 49.8 Å². The summed E-state index contributed by atoms with van der Waals surface area (Å²) in [4.78, 5) is 13.8. The molecule has 0 amide bonds. The number of rotatable bonds is 8. The maximum Gasteiger partial charge on any atom is 0.154 e. The minimum Gasteiger partial charge on any atom is -0.393 e. The number of anilines is 2. The van der Waals surface area contributed by atoms with Crippen molar-refractivity contribution in [3.8, 4) is 0 Å². The van der Waals surface area contributed by atoms with Gasteiger partial charge in [0.1, 0.15) is 11.7 Å². The summed E-state index contributed by atoms with van der Waals surface area (Å²) in [5.41, 5.74) is 11.5. The Morgan fingerprint density at radius 2 is 2.00 bits per heavy atom. The number of nitrogens with zero attached hydrogens (tertiary/aromatic N) is 7. The maximum atomic E-state index is 6.34. The van der Waals surface area contributed by atoms with E-state index in [0.29, 0.717) is 29.9 Å². The first-order valence-corrected chi connectivity index (χ1v) is 10.9. The van der Waals surface area contributed by atoms with Crippen molar-refractivity contribution in [1.82, 2.24) is 35.3 Å². The second-order valence-electron chi connectivity index (χ2n) is 8.18. The fourth-order valence-corrected chi connectivity index (χ4v) is 3.38. The summed E-state index contributed by atoms with van der Waals surface area (Å²) in [6.45, 7) is 4.67. The summed E-state index contributed by atoms with van der Waals surface area (Å²) in [5, 5.41) is 18.7. The molecule has 0 radical (unpaired) electrons. The van der Waals surface area contributed by atoms with Crippen molar-refractivity contribution in [1.29, 1.82) is 0 Å². The molecule has 4 N–H and O–H groups in total. The van der Waals surface area contributed by atoms with Crippen molar-refractivity contribution in [3.63, 3.8) is 0 Å². The normalized spacial score (nSPS) is 12.4. The Bertz CT molecular complexity index is 1350. The molecule has 0 fully saturated rings. The van der Waals surface area contributed by atoms with Crippen LogP contribution in [0.15, 0.2) is 60.2 Å². The quantitative estimate of drug-likeness (QED) is 0.272. The molecule has 4 aromatic heterocycles. The van der Waals surface area contributed by atoms with Gasteiger partial charge in [-0.15, -0.1) is 5.10 Å². The van der Waals surface area contributed by atoms with E-state index in [4.69, 9.17) is 10.7 Å². The number of aromatic nitrogens is 6. The van der Waals surface area contributed by atoms with Gasteiger partial charge in [-0.1, -0.05) is 13.8 Å². The molecule has 0 aliphatic heterocycles. The lowest BCUT2D eigenvalue weighted by Crippen LogP contribution is -2.16. The summed E-state index contributed by atoms with van der Waals surface area (Å²) in [7, 11) is 3.68. The van der Waals surface area contributed by atoms with Crippen molar-refractivity contribution < 1.29 is 0 Å². The van der Waals surface area contributed by atoms with Gasteiger partial charge in [0.25, 0.3) is 0 Å². The summed E-state index contributed by atoms with van der Waals surface area (Å²) >= 11 is 0. The molecule has 10 heteroatoms. The van der Waals surface area contributed by atoms with Crippen molar-refractivity contribution in [2.24, 2.45) is 17.8 Å². The predicted molar refractivity (Wildman–Crippen MR) is 135 cm³/mol. The fourth-order valence-electron chi connectivity index (χ4n) is 3.38. The van der Waals surface area contributed by atoms with Gasteiger partial charge in [0, 0.05) is 49.4 Å². The highest BCUT2D eigenvalue weighted by atomic mass is 15.2. The first-order chi connectivity index (χ1) is 16.4. The summed E-state index contributed by atoms with van der Waals surface area (Å²) in [6, 6.07) is 7.70. The van der Waals surface area contributed by atoms with Gasteiger partial charge in [-0.2, -0.15) is 10.2 Å². The summed E-state index contributed by atoms with van der Waals surface area (Å²) in [6.07, 6.45) is 9.03. The number of nitrogens with one attached hydrogen (secondary N) is 2. The van der Waals surface area contributed by atoms with Crippen molar-refractivity contribution in [3.05, 3.63) is 71.9 Å². The van der Waals surface area contributed by atoms with E-state index in [1.54, 1.807) is 29.5 Å². The van der Waals surface area contributed by atoms with E-state index >= 15 is 0 Å². The van der Waals surface area contributed by atoms with E-state index in [-0.39, 0.29) is 0 Å². The summed E-state index contributed by atoms with van der Waals surface area (Å²) in [5.74, 6) is 2.05. The second kappa shape index (κ2) is 10.1. The standard InChI is InChI=1S/C24H28N10/c1-15(2)17-8-23(33-29-12-17)32-22-6-5-20-21(31-22)7-18(11-27-20)19(13-26-3)24(25)28-9-16-10-30-34(4)14-16/h5-8,10-15,26H,9H2,1-4H3,(H2,25,28)(H,31,32,33)/b19-13-. The van der Waals surface area contributed by atoms with Crippen LogP contribution in [0.1, 0.15) is 36.5 Å². The zero-order chi connectivity index (χ0) is 24.1. The molecule has 4 aromatic rings. The largest absolute Gasteiger partial charge is 0.393 e. The van der Waals surface area contributed by atoms with Gasteiger partial charge in [0.15, 0.2) is 5.82 Å². The lowest BCUT2D eigenvalue weighted by Gasteiger charge is -2.10. The van der Waals surface area contributed by atoms with Crippen molar-refractivity contribution in [2.45, 2.75) is 26.3 Å². The van der Waals surface area contributed by atoms with Crippen molar-refractivity contribution in [2.75, 3.05) is 12.4 Å². The SMILES string of the molecule is CN/C=C(\C(N)=NCc1cnn(C)c1)c1cnc2ccc(Nc3cc(C(C)C)cnn3)nc2c1. The van der Waals surface area contributed by atoms with E-state index in [9.17, 15) is 0 Å². The number of fused-ring (bicyclic) bond motifs is 1. The minimum absolute atomic E-state index is 0.357. The van der Waals surface area contributed by atoms with E-state index in [1.165, 1.54) is 0 Å². The summed E-state index contributed by atoms with van der Waals surface area (Å²) < 4.78 is 1.74. The predicted octanol–water partition coefficient (Wildman–Crippen LogP) is 3.14. The van der Waals surface area contributed by atoms with Gasteiger partial charge in [0.05, 0.1) is 30.0 Å². The van der Waals surface area contributed by atoms with Gasteiger partial charge in [-0.25, -0.2) is 4.98 Å². The first kappa shape index (κ1) is 22.8. The third-order valence-corrected chi connectivity index (χ3v) is 5.20. The number of pyridine rings is 2. The molecule has 0 atom stereocenters. The highest BCUT2D eigenvalue weighted by molar-refractivity contribution is 6.22. The van der Waals surface area contributed by atoms with Crippen LogP contribution < -0.4 is 16.4 Å². The third kappa shape index (κ3) is 5.34. The first-order valence-electron chi connectivity index (χ1n) is 10.9.